The molecule has 9 nitrogen and oxygen atoms in total. The maximum absolute atomic E-state index is 5.40. The maximum atomic E-state index is 5.40. The zero-order valence-corrected chi connectivity index (χ0v) is 52.4. The van der Waals surface area contributed by atoms with E-state index in [1.807, 2.05) is 0 Å². The molecule has 5 aromatic carbocycles. The van der Waals surface area contributed by atoms with Crippen LogP contribution >= 0.6 is 0 Å². The van der Waals surface area contributed by atoms with Gasteiger partial charge < -0.3 is 15.3 Å². The van der Waals surface area contributed by atoms with Crippen LogP contribution in [-0.4, -0.2) is 39.9 Å². The first-order chi connectivity index (χ1) is 40.3. The van der Waals surface area contributed by atoms with E-state index >= 15 is 0 Å². The zero-order valence-electron chi connectivity index (χ0n) is 52.4. The van der Waals surface area contributed by atoms with Crippen molar-refractivity contribution >= 4 is 61.6 Å². The lowest BCUT2D eigenvalue weighted by atomic mass is 9.72. The van der Waals surface area contributed by atoms with Gasteiger partial charge in [0.05, 0.1) is 0 Å². The SMILES string of the molecule is CC1=C(/C=C/C(C)=C/C=C/C(C)=C/C=C/C=C(C)/C=C/c2ccc(Nc3ccc4c5nc6nc(nc7[nH]c(nc8nc(nc([nH]5)c4c3)-c3ccc(C(C)(C)C)cc3-8)c3ccc(C(C)(C)C)cc73)-c3ccc(C(C)(C)C)cc3-6)cc2)C(C)(C)CCC1. The van der Waals surface area contributed by atoms with Gasteiger partial charge in [0, 0.05) is 55.2 Å². The number of aromatic nitrogens is 8. The first kappa shape index (κ1) is 58.0. The fourth-order valence-corrected chi connectivity index (χ4v) is 11.5. The number of rotatable bonds is 10. The van der Waals surface area contributed by atoms with E-state index in [-0.39, 0.29) is 21.7 Å². The number of benzene rings is 5. The van der Waals surface area contributed by atoms with Crippen molar-refractivity contribution < 1.29 is 0 Å². The first-order valence-electron chi connectivity index (χ1n) is 30.1. The molecule has 0 saturated heterocycles. The highest BCUT2D eigenvalue weighted by molar-refractivity contribution is 6.07. The molecule has 0 amide bonds. The number of hydrogen-bond donors (Lipinski definition) is 3. The molecule has 8 bridgehead atoms. The van der Waals surface area contributed by atoms with Crippen LogP contribution in [0.3, 0.4) is 0 Å². The van der Waals surface area contributed by atoms with E-state index in [0.717, 1.165) is 66.3 Å². The Kier molecular flexibility index (Phi) is 15.4. The smallest absolute Gasteiger partial charge is 0.164 e. The van der Waals surface area contributed by atoms with E-state index in [9.17, 15) is 0 Å². The molecule has 3 N–H and O–H groups in total. The van der Waals surface area contributed by atoms with Crippen molar-refractivity contribution in [1.29, 1.82) is 0 Å². The molecule has 0 atom stereocenters. The molecule has 85 heavy (non-hydrogen) atoms. The Morgan fingerprint density at radius 1 is 0.459 bits per heavy atom. The predicted molar refractivity (Wildman–Crippen MR) is 360 cm³/mol. The third-order valence-corrected chi connectivity index (χ3v) is 16.8. The summed E-state index contributed by atoms with van der Waals surface area (Å²) in [6.45, 7) is 33.5. The van der Waals surface area contributed by atoms with Crippen molar-refractivity contribution in [1.82, 2.24) is 39.9 Å². The van der Waals surface area contributed by atoms with Crippen LogP contribution in [0.2, 0.25) is 0 Å². The summed E-state index contributed by atoms with van der Waals surface area (Å²) < 4.78 is 0. The Labute approximate surface area is 502 Å². The normalized spacial score (nSPS) is 15.4. The number of anilines is 2. The number of nitrogens with zero attached hydrogens (tertiary/aromatic N) is 6. The van der Waals surface area contributed by atoms with E-state index in [2.05, 4.69) is 283 Å². The summed E-state index contributed by atoms with van der Waals surface area (Å²) in [7, 11) is 0. The van der Waals surface area contributed by atoms with Gasteiger partial charge in [-0.05, 0) is 145 Å². The Morgan fingerprint density at radius 3 is 1.42 bits per heavy atom. The van der Waals surface area contributed by atoms with Gasteiger partial charge in [0.2, 0.25) is 0 Å². The van der Waals surface area contributed by atoms with E-state index < -0.39 is 0 Å². The second-order valence-electron chi connectivity index (χ2n) is 27.2. The quantitative estimate of drug-likeness (QED) is 0.117. The molecular weight excluding hydrogens is 1040 g/mol. The number of fused-ring (bicyclic) bond motifs is 20. The van der Waals surface area contributed by atoms with E-state index in [0.29, 0.717) is 45.9 Å². The molecule has 2 aliphatic heterocycles. The minimum atomic E-state index is -0.109. The molecule has 0 fully saturated rings. The summed E-state index contributed by atoms with van der Waals surface area (Å²) in [5.41, 5.74) is 19.4. The highest BCUT2D eigenvalue weighted by atomic mass is 15.1. The van der Waals surface area contributed by atoms with Gasteiger partial charge >= 0.3 is 0 Å². The largest absolute Gasteiger partial charge is 0.356 e. The lowest BCUT2D eigenvalue weighted by Crippen LogP contribution is -2.19. The van der Waals surface area contributed by atoms with E-state index in [4.69, 9.17) is 29.9 Å². The molecule has 430 valence electrons. The van der Waals surface area contributed by atoms with Crippen LogP contribution in [-0.2, 0) is 16.2 Å². The van der Waals surface area contributed by atoms with Crippen LogP contribution in [0.4, 0.5) is 11.4 Å². The van der Waals surface area contributed by atoms with Gasteiger partial charge in [0.25, 0.3) is 0 Å². The Balaban J connectivity index is 0.916. The molecule has 3 aromatic heterocycles. The summed E-state index contributed by atoms with van der Waals surface area (Å²) in [5.74, 6) is 2.30. The molecule has 0 radical (unpaired) electrons. The molecule has 0 spiro atoms. The van der Waals surface area contributed by atoms with Crippen LogP contribution in [0.15, 0.2) is 186 Å². The monoisotopic (exact) mass is 1120 g/mol. The fourth-order valence-electron chi connectivity index (χ4n) is 11.5. The van der Waals surface area contributed by atoms with Gasteiger partial charge in [-0.25, -0.2) is 29.9 Å². The van der Waals surface area contributed by atoms with Crippen LogP contribution in [0.1, 0.15) is 145 Å². The van der Waals surface area contributed by atoms with Crippen LogP contribution < -0.4 is 5.32 Å². The summed E-state index contributed by atoms with van der Waals surface area (Å²) in [4.78, 5) is 39.4. The van der Waals surface area contributed by atoms with Crippen molar-refractivity contribution in [2.75, 3.05) is 5.32 Å². The number of nitrogens with one attached hydrogen (secondary N) is 3. The average molecular weight is 1120 g/mol. The Bertz CT molecular complexity index is 4380. The van der Waals surface area contributed by atoms with Gasteiger partial charge in [-0.15, -0.1) is 0 Å². The van der Waals surface area contributed by atoms with Crippen LogP contribution in [0.25, 0.3) is 95.8 Å². The van der Waals surface area contributed by atoms with Crippen molar-refractivity contribution in [3.8, 4) is 45.6 Å². The number of allylic oxidation sites excluding steroid dienone is 15. The molecular formula is C76H81N9. The number of aromatic amines is 2. The number of hydrogen-bond acceptors (Lipinski definition) is 7. The zero-order chi connectivity index (χ0) is 60.2. The third kappa shape index (κ3) is 12.5. The molecule has 5 heterocycles. The molecule has 0 unspecified atom stereocenters. The van der Waals surface area contributed by atoms with Crippen molar-refractivity contribution in [3.63, 3.8) is 0 Å². The van der Waals surface area contributed by atoms with E-state index in [1.54, 1.807) is 0 Å². The number of H-pyrrole nitrogens is 2. The van der Waals surface area contributed by atoms with Crippen molar-refractivity contribution in [2.24, 2.45) is 5.41 Å². The minimum Gasteiger partial charge on any atom is -0.356 e. The predicted octanol–water partition coefficient (Wildman–Crippen LogP) is 20.6. The van der Waals surface area contributed by atoms with Gasteiger partial charge in [-0.1, -0.05) is 214 Å². The van der Waals surface area contributed by atoms with Crippen LogP contribution in [0, 0.1) is 5.41 Å². The Hall–Kier alpha value is -8.82. The molecule has 8 aromatic rings. The van der Waals surface area contributed by atoms with Crippen molar-refractivity contribution in [2.45, 2.75) is 139 Å². The summed E-state index contributed by atoms with van der Waals surface area (Å²) in [6.07, 6.45) is 27.6. The topological polar surface area (TPSA) is 121 Å². The summed E-state index contributed by atoms with van der Waals surface area (Å²) in [6, 6.07) is 34.5. The molecule has 9 heteroatoms. The highest BCUT2D eigenvalue weighted by Crippen LogP contribution is 2.43. The summed E-state index contributed by atoms with van der Waals surface area (Å²) >= 11 is 0. The standard InChI is InChI=1S/C76H81N9/c1-46(22-18-23-48(3)26-40-64-49(4)24-19-41-76(64,14)15)20-16-17-21-47(2)25-27-50-28-33-54(34-29-50)77-55-35-39-59-63(45-55)72-84-67-58-38-32-53(75(11,12)13)44-62(58)70(82-67)80-65-56-36-30-51(73(5,6)7)42-60(56)69(78-65)79-66-57-37-31-52(74(8,9)10)43-61(57)71(81-66)83-68(59)85-72/h16-18,20-23,25-40,42-45,77H,19,24,41H2,1-15H3,(H2,78,79,80,81,82,83,84,85)/b17-16+,22-18+,27-25+,40-26+,46-20+,47-21+,48-23+. The fraction of sp³-hybridized carbons (Fsp3) is 0.289. The first-order valence-corrected chi connectivity index (χ1v) is 30.1. The highest BCUT2D eigenvalue weighted by Gasteiger charge is 2.28. The van der Waals surface area contributed by atoms with Gasteiger partial charge in [0.15, 0.2) is 23.3 Å². The molecule has 11 rings (SSSR count). The lowest BCUT2D eigenvalue weighted by molar-refractivity contribution is 0.377. The van der Waals surface area contributed by atoms with Gasteiger partial charge in [-0.2, -0.15) is 0 Å². The second kappa shape index (κ2) is 22.6. The third-order valence-electron chi connectivity index (χ3n) is 16.8. The average Bonchev–Trinajstić information content (AvgIpc) is 2.09. The maximum Gasteiger partial charge on any atom is 0.164 e. The molecule has 3 aliphatic rings. The lowest BCUT2D eigenvalue weighted by Gasteiger charge is -2.32. The molecule has 0 saturated carbocycles. The summed E-state index contributed by atoms with van der Waals surface area (Å²) in [5, 5.41) is 7.37. The van der Waals surface area contributed by atoms with Gasteiger partial charge in [0.1, 0.15) is 22.6 Å². The second-order valence-corrected chi connectivity index (χ2v) is 27.2. The molecule has 1 aliphatic carbocycles. The van der Waals surface area contributed by atoms with Gasteiger partial charge in [-0.3, -0.25) is 0 Å². The van der Waals surface area contributed by atoms with Crippen molar-refractivity contribution in [3.05, 3.63) is 208 Å². The minimum absolute atomic E-state index is 0.0927. The Morgan fingerprint density at radius 2 is 0.894 bits per heavy atom. The van der Waals surface area contributed by atoms with Crippen LogP contribution in [0.5, 0.6) is 0 Å². The van der Waals surface area contributed by atoms with E-state index in [1.165, 1.54) is 58.2 Å².